The zero-order valence-electron chi connectivity index (χ0n) is 14.5. The van der Waals surface area contributed by atoms with Crippen molar-refractivity contribution in [3.05, 3.63) is 59.7 Å². The Bertz CT molecular complexity index is 868. The molecule has 1 fully saturated rings. The maximum Gasteiger partial charge on any atom is 0.251 e. The summed E-state index contributed by atoms with van der Waals surface area (Å²) in [7, 11) is 0. The molecule has 4 rings (SSSR count). The second-order valence-electron chi connectivity index (χ2n) is 6.52. The maximum absolute atomic E-state index is 12.7. The van der Waals surface area contributed by atoms with Gasteiger partial charge in [0.2, 0.25) is 0 Å². The normalized spacial score (nSPS) is 17.3. The van der Waals surface area contributed by atoms with Gasteiger partial charge in [-0.05, 0) is 43.1 Å². The lowest BCUT2D eigenvalue weighted by atomic mass is 10.1. The number of aromatic nitrogens is 2. The summed E-state index contributed by atoms with van der Waals surface area (Å²) < 4.78 is 0. The molecular weight excluding hydrogens is 344 g/mol. The van der Waals surface area contributed by atoms with Gasteiger partial charge < -0.3 is 15.6 Å². The molecule has 1 saturated heterocycles. The first-order valence-electron chi connectivity index (χ1n) is 8.96. The Hall–Kier alpha value is -2.31. The number of aromatic amines is 1. The first kappa shape index (κ1) is 17.1. The zero-order chi connectivity index (χ0) is 17.8. The lowest BCUT2D eigenvalue weighted by Crippen LogP contribution is -2.45. The number of carbonyl (C=O) groups is 1. The SMILES string of the molecule is O=C(NC1CCCNC1)c1ccccc1CSc1nc2ccccc2[nH]1. The van der Waals surface area contributed by atoms with Crippen molar-refractivity contribution in [1.82, 2.24) is 20.6 Å². The molecule has 5 nitrogen and oxygen atoms in total. The Balaban J connectivity index is 1.45. The van der Waals surface area contributed by atoms with Crippen LogP contribution in [0.4, 0.5) is 0 Å². The number of benzene rings is 2. The highest BCUT2D eigenvalue weighted by Crippen LogP contribution is 2.24. The van der Waals surface area contributed by atoms with Crippen molar-refractivity contribution in [1.29, 1.82) is 0 Å². The molecule has 3 N–H and O–H groups in total. The molecule has 26 heavy (non-hydrogen) atoms. The van der Waals surface area contributed by atoms with Crippen LogP contribution in [0, 0.1) is 0 Å². The fourth-order valence-corrected chi connectivity index (χ4v) is 4.14. The summed E-state index contributed by atoms with van der Waals surface area (Å²) in [5.74, 6) is 0.714. The average Bonchev–Trinajstić information content (AvgIpc) is 3.10. The van der Waals surface area contributed by atoms with E-state index < -0.39 is 0 Å². The molecule has 6 heteroatoms. The number of hydrogen-bond acceptors (Lipinski definition) is 4. The van der Waals surface area contributed by atoms with Crippen LogP contribution in [0.15, 0.2) is 53.7 Å². The number of fused-ring (bicyclic) bond motifs is 1. The van der Waals surface area contributed by atoms with Crippen molar-refractivity contribution in [3.63, 3.8) is 0 Å². The minimum Gasteiger partial charge on any atom is -0.348 e. The fourth-order valence-electron chi connectivity index (χ4n) is 3.25. The largest absolute Gasteiger partial charge is 0.348 e. The Morgan fingerprint density at radius 1 is 1.19 bits per heavy atom. The molecule has 0 radical (unpaired) electrons. The maximum atomic E-state index is 12.7. The summed E-state index contributed by atoms with van der Waals surface area (Å²) in [5, 5.41) is 7.37. The van der Waals surface area contributed by atoms with Crippen molar-refractivity contribution in [2.24, 2.45) is 0 Å². The van der Waals surface area contributed by atoms with Crippen LogP contribution >= 0.6 is 11.8 Å². The average molecular weight is 366 g/mol. The van der Waals surface area contributed by atoms with Gasteiger partial charge in [-0.2, -0.15) is 0 Å². The molecule has 1 aliphatic heterocycles. The van der Waals surface area contributed by atoms with Gasteiger partial charge in [0.15, 0.2) is 5.16 Å². The molecule has 1 aromatic heterocycles. The van der Waals surface area contributed by atoms with E-state index in [-0.39, 0.29) is 11.9 Å². The first-order valence-corrected chi connectivity index (χ1v) is 9.95. The molecule has 1 amide bonds. The number of amides is 1. The van der Waals surface area contributed by atoms with Gasteiger partial charge >= 0.3 is 0 Å². The minimum atomic E-state index is 0.0134. The number of imidazole rings is 1. The lowest BCUT2D eigenvalue weighted by Gasteiger charge is -2.24. The fraction of sp³-hybridized carbons (Fsp3) is 0.300. The van der Waals surface area contributed by atoms with Gasteiger partial charge in [-0.15, -0.1) is 0 Å². The monoisotopic (exact) mass is 366 g/mol. The molecule has 0 aliphatic carbocycles. The van der Waals surface area contributed by atoms with Crippen molar-refractivity contribution < 1.29 is 4.79 Å². The number of nitrogens with zero attached hydrogens (tertiary/aromatic N) is 1. The van der Waals surface area contributed by atoms with E-state index in [0.29, 0.717) is 5.75 Å². The summed E-state index contributed by atoms with van der Waals surface area (Å²) >= 11 is 1.62. The summed E-state index contributed by atoms with van der Waals surface area (Å²) in [6, 6.07) is 16.0. The molecule has 2 heterocycles. The van der Waals surface area contributed by atoms with Gasteiger partial charge in [0, 0.05) is 23.9 Å². The Labute approximate surface area is 157 Å². The van der Waals surface area contributed by atoms with Crippen LogP contribution in [0.25, 0.3) is 11.0 Å². The first-order chi connectivity index (χ1) is 12.8. The second-order valence-corrected chi connectivity index (χ2v) is 7.49. The third-order valence-corrected chi connectivity index (χ3v) is 5.55. The predicted octanol–water partition coefficient (Wildman–Crippen LogP) is 3.34. The molecule has 0 saturated carbocycles. The van der Waals surface area contributed by atoms with Gasteiger partial charge in [-0.3, -0.25) is 4.79 Å². The van der Waals surface area contributed by atoms with E-state index in [1.807, 2.05) is 48.5 Å². The number of rotatable bonds is 5. The highest BCUT2D eigenvalue weighted by Gasteiger charge is 2.18. The summed E-state index contributed by atoms with van der Waals surface area (Å²) in [6.07, 6.45) is 2.14. The van der Waals surface area contributed by atoms with E-state index in [0.717, 1.165) is 53.2 Å². The molecule has 1 atom stereocenters. The second kappa shape index (κ2) is 7.93. The number of hydrogen-bond donors (Lipinski definition) is 3. The Morgan fingerprint density at radius 3 is 2.88 bits per heavy atom. The van der Waals surface area contributed by atoms with Crippen molar-refractivity contribution in [2.45, 2.75) is 29.8 Å². The molecule has 0 spiro atoms. The van der Waals surface area contributed by atoms with E-state index in [4.69, 9.17) is 0 Å². The van der Waals surface area contributed by atoms with E-state index in [1.165, 1.54) is 0 Å². The Morgan fingerprint density at radius 2 is 2.04 bits per heavy atom. The van der Waals surface area contributed by atoms with Gasteiger partial charge in [-0.1, -0.05) is 42.1 Å². The number of H-pyrrole nitrogens is 1. The third-order valence-electron chi connectivity index (χ3n) is 4.63. The highest BCUT2D eigenvalue weighted by atomic mass is 32.2. The van der Waals surface area contributed by atoms with Crippen LogP contribution in [0.1, 0.15) is 28.8 Å². The summed E-state index contributed by atoms with van der Waals surface area (Å²) in [4.78, 5) is 20.6. The number of thioether (sulfide) groups is 1. The van der Waals surface area contributed by atoms with Crippen LogP contribution in [0.2, 0.25) is 0 Å². The topological polar surface area (TPSA) is 69.8 Å². The number of piperidine rings is 1. The van der Waals surface area contributed by atoms with Crippen LogP contribution in [0.5, 0.6) is 0 Å². The van der Waals surface area contributed by atoms with Crippen LogP contribution < -0.4 is 10.6 Å². The van der Waals surface area contributed by atoms with Crippen molar-refractivity contribution in [2.75, 3.05) is 13.1 Å². The zero-order valence-corrected chi connectivity index (χ0v) is 15.3. The molecule has 1 unspecified atom stereocenters. The summed E-state index contributed by atoms with van der Waals surface area (Å²) in [6.45, 7) is 1.89. The van der Waals surface area contributed by atoms with E-state index in [9.17, 15) is 4.79 Å². The highest BCUT2D eigenvalue weighted by molar-refractivity contribution is 7.98. The minimum absolute atomic E-state index is 0.0134. The van der Waals surface area contributed by atoms with Crippen LogP contribution in [0.3, 0.4) is 0 Å². The third kappa shape index (κ3) is 3.92. The molecule has 0 bridgehead atoms. The van der Waals surface area contributed by atoms with E-state index in [2.05, 4.69) is 20.6 Å². The molecule has 134 valence electrons. The number of carbonyl (C=O) groups excluding carboxylic acids is 1. The molecule has 1 aliphatic rings. The van der Waals surface area contributed by atoms with E-state index >= 15 is 0 Å². The van der Waals surface area contributed by atoms with Gasteiger partial charge in [0.25, 0.3) is 5.91 Å². The summed E-state index contributed by atoms with van der Waals surface area (Å²) in [5.41, 5.74) is 3.78. The predicted molar refractivity (Wildman–Crippen MR) is 105 cm³/mol. The molecule has 2 aromatic carbocycles. The Kier molecular flexibility index (Phi) is 5.22. The van der Waals surface area contributed by atoms with Crippen molar-refractivity contribution >= 4 is 28.7 Å². The molecule has 3 aromatic rings. The van der Waals surface area contributed by atoms with E-state index in [1.54, 1.807) is 11.8 Å². The quantitative estimate of drug-likeness (QED) is 0.606. The van der Waals surface area contributed by atoms with Crippen LogP contribution in [-0.4, -0.2) is 35.0 Å². The standard InChI is InChI=1S/C20H22N4OS/c25-19(22-15-7-5-11-21-12-15)16-8-2-1-6-14(16)13-26-20-23-17-9-3-4-10-18(17)24-20/h1-4,6,8-10,15,21H,5,7,11-13H2,(H,22,25)(H,23,24). The van der Waals surface area contributed by atoms with Crippen LogP contribution in [-0.2, 0) is 5.75 Å². The van der Waals surface area contributed by atoms with Crippen molar-refractivity contribution in [3.8, 4) is 0 Å². The van der Waals surface area contributed by atoms with Gasteiger partial charge in [0.05, 0.1) is 11.0 Å². The molecular formula is C20H22N4OS. The smallest absolute Gasteiger partial charge is 0.251 e. The number of nitrogens with one attached hydrogen (secondary N) is 3. The lowest BCUT2D eigenvalue weighted by molar-refractivity contribution is 0.0930. The van der Waals surface area contributed by atoms with Gasteiger partial charge in [-0.25, -0.2) is 4.98 Å². The van der Waals surface area contributed by atoms with Gasteiger partial charge in [0.1, 0.15) is 0 Å². The number of para-hydroxylation sites is 2.